The van der Waals surface area contributed by atoms with Gasteiger partial charge in [-0.25, -0.2) is 0 Å². The minimum Gasteiger partial charge on any atom is -0.480 e. The van der Waals surface area contributed by atoms with Crippen LogP contribution < -0.4 is 5.32 Å². The fourth-order valence-corrected chi connectivity index (χ4v) is 0.849. The van der Waals surface area contributed by atoms with Gasteiger partial charge in [0.25, 0.3) is 0 Å². The van der Waals surface area contributed by atoms with Crippen LogP contribution in [0.2, 0.25) is 0 Å². The third-order valence-electron chi connectivity index (χ3n) is 1.50. The van der Waals surface area contributed by atoms with Crippen LogP contribution in [-0.4, -0.2) is 17.6 Å². The van der Waals surface area contributed by atoms with E-state index in [2.05, 4.69) is 5.32 Å². The highest BCUT2D eigenvalue weighted by molar-refractivity contribution is 5.72. The third-order valence-corrected chi connectivity index (χ3v) is 1.50. The molecular formula is C11H17NO2. The minimum absolute atomic E-state index is 0.0386. The average molecular weight is 195 g/mol. The van der Waals surface area contributed by atoms with Crippen LogP contribution in [0.5, 0.6) is 0 Å². The maximum absolute atomic E-state index is 10.2. The summed E-state index contributed by atoms with van der Waals surface area (Å²) < 4.78 is 0. The molecular weight excluding hydrogens is 178 g/mol. The highest BCUT2D eigenvalue weighted by Crippen LogP contribution is 2.07. The topological polar surface area (TPSA) is 49.3 Å². The van der Waals surface area contributed by atoms with Crippen molar-refractivity contribution < 1.29 is 9.90 Å². The molecule has 0 aliphatic rings. The van der Waals surface area contributed by atoms with Gasteiger partial charge in [0, 0.05) is 5.69 Å². The summed E-state index contributed by atoms with van der Waals surface area (Å²) in [6.45, 7) is 5.95. The number of anilines is 1. The molecule has 1 aromatic carbocycles. The normalized spacial score (nSPS) is 8.50. The van der Waals surface area contributed by atoms with Crippen molar-refractivity contribution in [2.24, 2.45) is 0 Å². The number of aryl methyl sites for hydroxylation is 1. The van der Waals surface area contributed by atoms with Gasteiger partial charge in [-0.2, -0.15) is 0 Å². The van der Waals surface area contributed by atoms with Gasteiger partial charge >= 0.3 is 5.97 Å². The summed E-state index contributed by atoms with van der Waals surface area (Å²) in [5.74, 6) is -0.851. The van der Waals surface area contributed by atoms with Crippen molar-refractivity contribution in [3.63, 3.8) is 0 Å². The maximum atomic E-state index is 10.2. The van der Waals surface area contributed by atoms with E-state index < -0.39 is 5.97 Å². The number of carboxylic acids is 1. The fraction of sp³-hybridized carbons (Fsp3) is 0.364. The number of carbonyl (C=O) groups is 1. The van der Waals surface area contributed by atoms with Crippen LogP contribution in [-0.2, 0) is 4.79 Å². The Labute approximate surface area is 84.8 Å². The van der Waals surface area contributed by atoms with Crippen molar-refractivity contribution in [1.82, 2.24) is 0 Å². The Hall–Kier alpha value is -1.51. The highest BCUT2D eigenvalue weighted by Gasteiger charge is 1.95. The van der Waals surface area contributed by atoms with E-state index in [-0.39, 0.29) is 6.54 Å². The molecule has 0 aliphatic carbocycles. The Morgan fingerprint density at radius 2 is 1.79 bits per heavy atom. The first kappa shape index (κ1) is 12.5. The summed E-state index contributed by atoms with van der Waals surface area (Å²) in [4.78, 5) is 10.2. The Morgan fingerprint density at radius 1 is 1.29 bits per heavy atom. The fourth-order valence-electron chi connectivity index (χ4n) is 0.849. The number of hydrogen-bond acceptors (Lipinski definition) is 2. The Kier molecular flexibility index (Phi) is 6.20. The summed E-state index contributed by atoms with van der Waals surface area (Å²) in [6, 6.07) is 7.59. The summed E-state index contributed by atoms with van der Waals surface area (Å²) in [6.07, 6.45) is 0. The SMILES string of the molecule is CC.Cc1ccc(NCC(=O)O)cc1. The van der Waals surface area contributed by atoms with Gasteiger partial charge in [-0.15, -0.1) is 0 Å². The molecule has 2 N–H and O–H groups in total. The zero-order chi connectivity index (χ0) is 11.0. The lowest BCUT2D eigenvalue weighted by Crippen LogP contribution is -2.11. The van der Waals surface area contributed by atoms with Gasteiger partial charge in [0.1, 0.15) is 6.54 Å². The van der Waals surface area contributed by atoms with Crippen LogP contribution in [0.15, 0.2) is 24.3 Å². The summed E-state index contributed by atoms with van der Waals surface area (Å²) in [5, 5.41) is 11.1. The largest absolute Gasteiger partial charge is 0.480 e. The van der Waals surface area contributed by atoms with Gasteiger partial charge < -0.3 is 10.4 Å². The molecule has 0 amide bonds. The molecule has 0 saturated heterocycles. The molecule has 78 valence electrons. The van der Waals surface area contributed by atoms with E-state index in [1.54, 1.807) is 0 Å². The van der Waals surface area contributed by atoms with Crippen molar-refractivity contribution in [3.05, 3.63) is 29.8 Å². The lowest BCUT2D eigenvalue weighted by molar-refractivity contribution is -0.134. The Balaban J connectivity index is 0.000000791. The molecule has 0 bridgehead atoms. The molecule has 0 fully saturated rings. The first-order valence-corrected chi connectivity index (χ1v) is 4.71. The molecule has 0 aliphatic heterocycles. The van der Waals surface area contributed by atoms with E-state index in [1.165, 1.54) is 0 Å². The first-order chi connectivity index (χ1) is 6.68. The van der Waals surface area contributed by atoms with Crippen molar-refractivity contribution in [2.45, 2.75) is 20.8 Å². The quantitative estimate of drug-likeness (QED) is 0.779. The number of hydrogen-bond donors (Lipinski definition) is 2. The molecule has 1 aromatic rings. The van der Waals surface area contributed by atoms with Gasteiger partial charge in [0.2, 0.25) is 0 Å². The molecule has 14 heavy (non-hydrogen) atoms. The predicted molar refractivity (Wildman–Crippen MR) is 58.7 cm³/mol. The van der Waals surface area contributed by atoms with Crippen molar-refractivity contribution in [3.8, 4) is 0 Å². The average Bonchev–Trinajstić information content (AvgIpc) is 2.20. The summed E-state index contributed by atoms with van der Waals surface area (Å²) in [7, 11) is 0. The lowest BCUT2D eigenvalue weighted by Gasteiger charge is -2.02. The van der Waals surface area contributed by atoms with Crippen LogP contribution in [0, 0.1) is 6.92 Å². The monoisotopic (exact) mass is 195 g/mol. The minimum atomic E-state index is -0.851. The molecule has 0 unspecified atom stereocenters. The molecule has 3 nitrogen and oxygen atoms in total. The third kappa shape index (κ3) is 5.19. The molecule has 3 heteroatoms. The van der Waals surface area contributed by atoms with E-state index in [4.69, 9.17) is 5.11 Å². The number of rotatable bonds is 3. The van der Waals surface area contributed by atoms with Crippen LogP contribution in [0.4, 0.5) is 5.69 Å². The van der Waals surface area contributed by atoms with Gasteiger partial charge in [-0.05, 0) is 19.1 Å². The van der Waals surface area contributed by atoms with E-state index in [9.17, 15) is 4.79 Å². The van der Waals surface area contributed by atoms with Crippen molar-refractivity contribution in [2.75, 3.05) is 11.9 Å². The van der Waals surface area contributed by atoms with Crippen LogP contribution in [0.1, 0.15) is 19.4 Å². The number of aliphatic carboxylic acids is 1. The van der Waals surface area contributed by atoms with E-state index in [0.29, 0.717) is 0 Å². The second-order valence-electron chi connectivity index (χ2n) is 2.61. The van der Waals surface area contributed by atoms with E-state index in [0.717, 1.165) is 11.3 Å². The lowest BCUT2D eigenvalue weighted by atomic mass is 10.2. The Bertz CT molecular complexity index is 267. The zero-order valence-corrected chi connectivity index (χ0v) is 8.87. The summed E-state index contributed by atoms with van der Waals surface area (Å²) in [5.41, 5.74) is 2.00. The van der Waals surface area contributed by atoms with Crippen molar-refractivity contribution >= 4 is 11.7 Å². The van der Waals surface area contributed by atoms with E-state index >= 15 is 0 Å². The zero-order valence-electron chi connectivity index (χ0n) is 8.87. The maximum Gasteiger partial charge on any atom is 0.322 e. The molecule has 0 saturated carbocycles. The van der Waals surface area contributed by atoms with Crippen LogP contribution in [0.25, 0.3) is 0 Å². The summed E-state index contributed by atoms with van der Waals surface area (Å²) >= 11 is 0. The van der Waals surface area contributed by atoms with Crippen LogP contribution in [0.3, 0.4) is 0 Å². The smallest absolute Gasteiger partial charge is 0.322 e. The standard InChI is InChI=1S/C9H11NO2.C2H6/c1-7-2-4-8(5-3-7)10-6-9(11)12;1-2/h2-5,10H,6H2,1H3,(H,11,12);1-2H3. The van der Waals surface area contributed by atoms with Gasteiger partial charge in [-0.3, -0.25) is 4.79 Å². The highest BCUT2D eigenvalue weighted by atomic mass is 16.4. The first-order valence-electron chi connectivity index (χ1n) is 4.71. The molecule has 0 heterocycles. The molecule has 0 spiro atoms. The molecule has 1 rings (SSSR count). The van der Waals surface area contributed by atoms with E-state index in [1.807, 2.05) is 45.0 Å². The molecule has 0 atom stereocenters. The molecule has 0 radical (unpaired) electrons. The van der Waals surface area contributed by atoms with Gasteiger partial charge in [-0.1, -0.05) is 31.5 Å². The number of carboxylic acid groups (broad SMARTS) is 1. The second kappa shape index (κ2) is 6.95. The van der Waals surface area contributed by atoms with Gasteiger partial charge in [0.05, 0.1) is 0 Å². The predicted octanol–water partition coefficient (Wildman–Crippen LogP) is 2.52. The van der Waals surface area contributed by atoms with Crippen molar-refractivity contribution in [1.29, 1.82) is 0 Å². The molecule has 0 aromatic heterocycles. The Morgan fingerprint density at radius 3 is 2.21 bits per heavy atom. The van der Waals surface area contributed by atoms with Gasteiger partial charge in [0.15, 0.2) is 0 Å². The number of benzene rings is 1. The number of nitrogens with one attached hydrogen (secondary N) is 1. The van der Waals surface area contributed by atoms with Crippen LogP contribution >= 0.6 is 0 Å². The second-order valence-corrected chi connectivity index (χ2v) is 2.61.